The Hall–Kier alpha value is -2.73. The average molecular weight is 342 g/mol. The number of hydrogen-bond donors (Lipinski definition) is 2. The molecule has 0 aromatic heterocycles. The van der Waals surface area contributed by atoms with Crippen LogP contribution < -0.4 is 20.1 Å². The Morgan fingerprint density at radius 2 is 1.84 bits per heavy atom. The zero-order valence-electron chi connectivity index (χ0n) is 14.4. The molecule has 1 heterocycles. The lowest BCUT2D eigenvalue weighted by Gasteiger charge is -2.14. The Bertz CT molecular complexity index is 725. The lowest BCUT2D eigenvalue weighted by atomic mass is 10.2. The van der Waals surface area contributed by atoms with E-state index >= 15 is 0 Å². The zero-order valence-corrected chi connectivity index (χ0v) is 14.4. The predicted octanol–water partition coefficient (Wildman–Crippen LogP) is 3.56. The molecule has 1 unspecified atom stereocenters. The van der Waals surface area contributed by atoms with Crippen molar-refractivity contribution in [2.24, 2.45) is 0 Å². The van der Waals surface area contributed by atoms with Gasteiger partial charge >= 0.3 is 0 Å². The number of ether oxygens (including phenoxy) is 3. The third-order valence-corrected chi connectivity index (χ3v) is 4.06. The van der Waals surface area contributed by atoms with Crippen molar-refractivity contribution < 1.29 is 19.0 Å². The number of carbonyl (C=O) groups is 1. The van der Waals surface area contributed by atoms with Gasteiger partial charge in [-0.1, -0.05) is 0 Å². The van der Waals surface area contributed by atoms with Crippen LogP contribution in [0, 0.1) is 0 Å². The fourth-order valence-electron chi connectivity index (χ4n) is 2.70. The highest BCUT2D eigenvalue weighted by Crippen LogP contribution is 2.31. The summed E-state index contributed by atoms with van der Waals surface area (Å²) in [6.07, 6.45) is 1.38. The Morgan fingerprint density at radius 3 is 2.48 bits per heavy atom. The number of carbonyl (C=O) groups excluding carboxylic acids is 1. The predicted molar refractivity (Wildman–Crippen MR) is 96.9 cm³/mol. The summed E-state index contributed by atoms with van der Waals surface area (Å²) in [4.78, 5) is 12.1. The van der Waals surface area contributed by atoms with Gasteiger partial charge in [0.05, 0.1) is 19.9 Å². The van der Waals surface area contributed by atoms with Gasteiger partial charge in [0.25, 0.3) is 5.91 Å². The van der Waals surface area contributed by atoms with Crippen LogP contribution in [0.5, 0.6) is 11.5 Å². The van der Waals surface area contributed by atoms with Crippen molar-refractivity contribution in [2.45, 2.75) is 18.9 Å². The van der Waals surface area contributed by atoms with E-state index in [2.05, 4.69) is 10.6 Å². The second-order valence-corrected chi connectivity index (χ2v) is 5.76. The van der Waals surface area contributed by atoms with Crippen LogP contribution >= 0.6 is 0 Å². The largest absolute Gasteiger partial charge is 0.497 e. The molecular formula is C19H22N2O4. The standard InChI is InChI=1S/C19H22N2O4/c1-23-15-9-10-16(18(12-15)24-2)20-13-5-7-14(8-6-13)21-19(22)17-4-3-11-25-17/h5-10,12,17,20H,3-4,11H2,1-2H3,(H,21,22). The number of methoxy groups -OCH3 is 2. The van der Waals surface area contributed by atoms with Gasteiger partial charge in [-0.15, -0.1) is 0 Å². The Kier molecular flexibility index (Phi) is 5.40. The molecule has 2 aromatic rings. The highest BCUT2D eigenvalue weighted by Gasteiger charge is 2.23. The summed E-state index contributed by atoms with van der Waals surface area (Å²) in [7, 11) is 3.23. The van der Waals surface area contributed by atoms with Crippen molar-refractivity contribution >= 4 is 23.0 Å². The second-order valence-electron chi connectivity index (χ2n) is 5.76. The highest BCUT2D eigenvalue weighted by atomic mass is 16.5. The molecular weight excluding hydrogens is 320 g/mol. The summed E-state index contributed by atoms with van der Waals surface area (Å²) in [5.41, 5.74) is 2.46. The molecule has 2 N–H and O–H groups in total. The van der Waals surface area contributed by atoms with E-state index in [1.165, 1.54) is 0 Å². The SMILES string of the molecule is COc1ccc(Nc2ccc(NC(=O)C3CCCO3)cc2)c(OC)c1. The van der Waals surface area contributed by atoms with E-state index in [1.54, 1.807) is 14.2 Å². The van der Waals surface area contributed by atoms with E-state index in [0.29, 0.717) is 12.4 Å². The van der Waals surface area contributed by atoms with Crippen LogP contribution in [-0.4, -0.2) is 32.8 Å². The van der Waals surface area contributed by atoms with E-state index in [1.807, 2.05) is 42.5 Å². The van der Waals surface area contributed by atoms with Gasteiger partial charge < -0.3 is 24.8 Å². The Labute approximate surface area is 147 Å². The number of rotatable bonds is 6. The average Bonchev–Trinajstić information content (AvgIpc) is 3.18. The molecule has 0 aliphatic carbocycles. The number of amides is 1. The number of benzene rings is 2. The van der Waals surface area contributed by atoms with Crippen LogP contribution in [0.25, 0.3) is 0 Å². The Morgan fingerprint density at radius 1 is 1.08 bits per heavy atom. The quantitative estimate of drug-likeness (QED) is 0.840. The van der Waals surface area contributed by atoms with Crippen molar-refractivity contribution in [3.63, 3.8) is 0 Å². The monoisotopic (exact) mass is 342 g/mol. The first-order valence-electron chi connectivity index (χ1n) is 8.21. The van der Waals surface area contributed by atoms with Crippen molar-refractivity contribution in [1.29, 1.82) is 0 Å². The molecule has 0 bridgehead atoms. The fraction of sp³-hybridized carbons (Fsp3) is 0.316. The first-order chi connectivity index (χ1) is 12.2. The van der Waals surface area contributed by atoms with Crippen LogP contribution in [0.3, 0.4) is 0 Å². The van der Waals surface area contributed by atoms with Gasteiger partial charge in [-0.3, -0.25) is 4.79 Å². The summed E-state index contributed by atoms with van der Waals surface area (Å²) < 4.78 is 16.0. The molecule has 6 heteroatoms. The second kappa shape index (κ2) is 7.90. The van der Waals surface area contributed by atoms with Gasteiger partial charge in [0.15, 0.2) is 0 Å². The fourth-order valence-corrected chi connectivity index (χ4v) is 2.70. The normalized spacial score (nSPS) is 16.3. The van der Waals surface area contributed by atoms with Crippen LogP contribution in [0.15, 0.2) is 42.5 Å². The van der Waals surface area contributed by atoms with Gasteiger partial charge in [-0.05, 0) is 49.2 Å². The van der Waals surface area contributed by atoms with Gasteiger partial charge in [0.1, 0.15) is 17.6 Å². The molecule has 2 aromatic carbocycles. The third kappa shape index (κ3) is 4.22. The van der Waals surface area contributed by atoms with Crippen molar-refractivity contribution in [1.82, 2.24) is 0 Å². The van der Waals surface area contributed by atoms with Crippen LogP contribution in [0.4, 0.5) is 17.1 Å². The van der Waals surface area contributed by atoms with E-state index < -0.39 is 0 Å². The van der Waals surface area contributed by atoms with Crippen LogP contribution in [-0.2, 0) is 9.53 Å². The lowest BCUT2D eigenvalue weighted by molar-refractivity contribution is -0.124. The van der Waals surface area contributed by atoms with Gasteiger partial charge in [0.2, 0.25) is 0 Å². The third-order valence-electron chi connectivity index (χ3n) is 4.06. The summed E-state index contributed by atoms with van der Waals surface area (Å²) >= 11 is 0. The summed E-state index contributed by atoms with van der Waals surface area (Å²) in [5.74, 6) is 1.33. The highest BCUT2D eigenvalue weighted by molar-refractivity contribution is 5.94. The topological polar surface area (TPSA) is 68.8 Å². The van der Waals surface area contributed by atoms with Crippen molar-refractivity contribution in [3.8, 4) is 11.5 Å². The molecule has 1 aliphatic rings. The molecule has 6 nitrogen and oxygen atoms in total. The van der Waals surface area contributed by atoms with Gasteiger partial charge in [-0.2, -0.15) is 0 Å². The number of hydrogen-bond acceptors (Lipinski definition) is 5. The zero-order chi connectivity index (χ0) is 17.6. The maximum atomic E-state index is 12.1. The minimum atomic E-state index is -0.332. The number of anilines is 3. The van der Waals surface area contributed by atoms with Crippen LogP contribution in [0.2, 0.25) is 0 Å². The van der Waals surface area contributed by atoms with Gasteiger partial charge in [-0.25, -0.2) is 0 Å². The minimum absolute atomic E-state index is 0.0879. The molecule has 3 rings (SSSR count). The molecule has 25 heavy (non-hydrogen) atoms. The lowest BCUT2D eigenvalue weighted by Crippen LogP contribution is -2.26. The Balaban J connectivity index is 1.65. The van der Waals surface area contributed by atoms with E-state index in [0.717, 1.165) is 35.7 Å². The minimum Gasteiger partial charge on any atom is -0.497 e. The van der Waals surface area contributed by atoms with E-state index in [4.69, 9.17) is 14.2 Å². The molecule has 0 spiro atoms. The molecule has 1 fully saturated rings. The molecule has 132 valence electrons. The van der Waals surface area contributed by atoms with Crippen molar-refractivity contribution in [3.05, 3.63) is 42.5 Å². The smallest absolute Gasteiger partial charge is 0.253 e. The molecule has 0 saturated carbocycles. The molecule has 1 aliphatic heterocycles. The molecule has 0 radical (unpaired) electrons. The van der Waals surface area contributed by atoms with E-state index in [9.17, 15) is 4.79 Å². The van der Waals surface area contributed by atoms with E-state index in [-0.39, 0.29) is 12.0 Å². The van der Waals surface area contributed by atoms with Crippen LogP contribution in [0.1, 0.15) is 12.8 Å². The van der Waals surface area contributed by atoms with Crippen molar-refractivity contribution in [2.75, 3.05) is 31.5 Å². The summed E-state index contributed by atoms with van der Waals surface area (Å²) in [6.45, 7) is 0.657. The maximum Gasteiger partial charge on any atom is 0.253 e. The van der Waals surface area contributed by atoms with Gasteiger partial charge in [0, 0.05) is 24.0 Å². The molecule has 1 atom stereocenters. The number of nitrogens with one attached hydrogen (secondary N) is 2. The maximum absolute atomic E-state index is 12.1. The summed E-state index contributed by atoms with van der Waals surface area (Å²) in [5, 5.41) is 6.17. The summed E-state index contributed by atoms with van der Waals surface area (Å²) in [6, 6.07) is 13.1. The molecule has 1 amide bonds. The first kappa shape index (κ1) is 17.1. The molecule has 1 saturated heterocycles. The first-order valence-corrected chi connectivity index (χ1v) is 8.21.